The summed E-state index contributed by atoms with van der Waals surface area (Å²) in [7, 11) is 0. The summed E-state index contributed by atoms with van der Waals surface area (Å²) in [5.41, 5.74) is 4.35. The van der Waals surface area contributed by atoms with E-state index in [0.29, 0.717) is 0 Å². The van der Waals surface area contributed by atoms with Gasteiger partial charge >= 0.3 is 0 Å². The molecule has 0 saturated heterocycles. The number of allylic oxidation sites excluding steroid dienone is 2. The van der Waals surface area contributed by atoms with Crippen LogP contribution in [0.5, 0.6) is 0 Å². The van der Waals surface area contributed by atoms with Crippen LogP contribution < -0.4 is 0 Å². The molecular weight excluding hydrogens is 296 g/mol. The molecule has 2 aliphatic rings. The third kappa shape index (κ3) is 1.46. The predicted octanol–water partition coefficient (Wildman–Crippen LogP) is 6.24. The maximum absolute atomic E-state index is 2.26. The van der Waals surface area contributed by atoms with Crippen molar-refractivity contribution in [1.82, 2.24) is 0 Å². The highest BCUT2D eigenvalue weighted by Gasteiger charge is 2.31. The monoisotopic (exact) mass is 306 g/mol. The van der Waals surface area contributed by atoms with Crippen LogP contribution >= 0.6 is 46.2 Å². The predicted molar refractivity (Wildman–Crippen MR) is 87.2 cm³/mol. The first-order valence-corrected chi connectivity index (χ1v) is 9.08. The largest absolute Gasteiger partial charge is 0.143 e. The normalized spacial score (nSPS) is 17.7. The van der Waals surface area contributed by atoms with Crippen molar-refractivity contribution in [3.05, 3.63) is 46.7 Å². The Morgan fingerprint density at radius 3 is 1.78 bits per heavy atom. The zero-order valence-electron chi connectivity index (χ0n) is 9.94. The lowest BCUT2D eigenvalue weighted by molar-refractivity contribution is 1.57. The van der Waals surface area contributed by atoms with Crippen molar-refractivity contribution in [3.63, 3.8) is 0 Å². The molecule has 0 spiro atoms. The van der Waals surface area contributed by atoms with Gasteiger partial charge in [0, 0.05) is 26.5 Å². The second-order valence-electron chi connectivity index (χ2n) is 4.31. The molecule has 0 amide bonds. The second kappa shape index (κ2) is 4.04. The molecule has 0 saturated carbocycles. The van der Waals surface area contributed by atoms with Crippen molar-refractivity contribution in [3.8, 4) is 11.1 Å². The van der Waals surface area contributed by atoms with E-state index in [1.165, 1.54) is 40.5 Å². The Morgan fingerprint density at radius 1 is 0.778 bits per heavy atom. The van der Waals surface area contributed by atoms with E-state index >= 15 is 0 Å². The molecule has 0 fully saturated rings. The summed E-state index contributed by atoms with van der Waals surface area (Å²) in [6, 6.07) is 4.52. The van der Waals surface area contributed by atoms with E-state index in [-0.39, 0.29) is 0 Å². The van der Waals surface area contributed by atoms with Gasteiger partial charge < -0.3 is 0 Å². The summed E-state index contributed by atoms with van der Waals surface area (Å²) in [6.07, 6.45) is 0. The van der Waals surface area contributed by atoms with Gasteiger partial charge in [0.2, 0.25) is 0 Å². The molecule has 0 bridgehead atoms. The van der Waals surface area contributed by atoms with Gasteiger partial charge in [0.15, 0.2) is 0 Å². The van der Waals surface area contributed by atoms with Crippen LogP contribution in [0.15, 0.2) is 36.9 Å². The van der Waals surface area contributed by atoms with Crippen molar-refractivity contribution >= 4 is 51.8 Å². The van der Waals surface area contributed by atoms with E-state index < -0.39 is 0 Å². The first-order valence-electron chi connectivity index (χ1n) is 5.69. The van der Waals surface area contributed by atoms with Gasteiger partial charge in [-0.2, -0.15) is 0 Å². The van der Waals surface area contributed by atoms with Crippen LogP contribution in [-0.2, 0) is 0 Å². The molecule has 0 radical (unpaired) electrons. The van der Waals surface area contributed by atoms with Crippen LogP contribution in [0.2, 0.25) is 0 Å². The number of hydrogen-bond donors (Lipinski definition) is 0. The van der Waals surface area contributed by atoms with E-state index in [4.69, 9.17) is 0 Å². The summed E-state index contributed by atoms with van der Waals surface area (Å²) >= 11 is 7.63. The fraction of sp³-hybridized carbons (Fsp3) is 0.143. The maximum Gasteiger partial charge on any atom is 0.0593 e. The molecule has 0 nitrogen and oxygen atoms in total. The Balaban J connectivity index is 1.97. The average molecular weight is 307 g/mol. The van der Waals surface area contributed by atoms with Crippen molar-refractivity contribution in [2.45, 2.75) is 13.8 Å². The maximum atomic E-state index is 2.26. The number of hydrogen-bond acceptors (Lipinski definition) is 4. The lowest BCUT2D eigenvalue weighted by Gasteiger charge is -2.03. The van der Waals surface area contributed by atoms with Gasteiger partial charge in [-0.1, -0.05) is 23.5 Å². The van der Waals surface area contributed by atoms with E-state index in [1.54, 1.807) is 0 Å². The topological polar surface area (TPSA) is 0 Å². The smallest absolute Gasteiger partial charge is 0.0593 e. The molecule has 0 aromatic carbocycles. The summed E-state index contributed by atoms with van der Waals surface area (Å²) < 4.78 is 1.47. The minimum absolute atomic E-state index is 1.43. The van der Waals surface area contributed by atoms with E-state index in [2.05, 4.69) is 36.7 Å². The van der Waals surface area contributed by atoms with Crippen molar-refractivity contribution in [2.75, 3.05) is 0 Å². The Hall–Kier alpha value is -0.420. The first kappa shape index (κ1) is 11.4. The molecule has 4 heteroatoms. The zero-order chi connectivity index (χ0) is 12.3. The van der Waals surface area contributed by atoms with Crippen LogP contribution in [0, 0.1) is 0 Å². The van der Waals surface area contributed by atoms with Crippen molar-refractivity contribution < 1.29 is 0 Å². The van der Waals surface area contributed by atoms with E-state index in [1.807, 2.05) is 46.2 Å². The van der Waals surface area contributed by atoms with Crippen molar-refractivity contribution in [2.24, 2.45) is 0 Å². The van der Waals surface area contributed by atoms with Gasteiger partial charge in [0.25, 0.3) is 0 Å². The van der Waals surface area contributed by atoms with Crippen LogP contribution in [0.25, 0.3) is 16.7 Å². The molecule has 0 N–H and O–H groups in total. The Bertz CT molecular complexity index is 653. The van der Waals surface area contributed by atoms with E-state index in [9.17, 15) is 0 Å². The second-order valence-corrected chi connectivity index (χ2v) is 8.85. The third-order valence-corrected chi connectivity index (χ3v) is 7.76. The molecule has 0 unspecified atom stereocenters. The zero-order valence-corrected chi connectivity index (χ0v) is 13.2. The molecule has 1 aliphatic heterocycles. The summed E-state index contributed by atoms with van der Waals surface area (Å²) in [6.45, 7) is 4.44. The first-order chi connectivity index (χ1) is 8.75. The minimum Gasteiger partial charge on any atom is -0.143 e. The van der Waals surface area contributed by atoms with Crippen LogP contribution in [0.4, 0.5) is 0 Å². The van der Waals surface area contributed by atoms with Gasteiger partial charge in [-0.3, -0.25) is 0 Å². The number of fused-ring (bicyclic) bond motifs is 3. The molecule has 1 aliphatic carbocycles. The highest BCUT2D eigenvalue weighted by atomic mass is 32.2. The molecule has 2 aromatic rings. The number of thiophene rings is 2. The Kier molecular flexibility index (Phi) is 2.56. The fourth-order valence-corrected chi connectivity index (χ4v) is 7.14. The highest BCUT2D eigenvalue weighted by molar-refractivity contribution is 8.28. The third-order valence-electron chi connectivity index (χ3n) is 3.27. The Morgan fingerprint density at radius 2 is 1.28 bits per heavy atom. The minimum atomic E-state index is 1.43. The molecule has 4 rings (SSSR count). The van der Waals surface area contributed by atoms with Gasteiger partial charge in [0.05, 0.1) is 4.24 Å². The molecule has 90 valence electrons. The number of thioether (sulfide) groups is 2. The molecule has 0 atom stereocenters. The lowest BCUT2D eigenvalue weighted by Crippen LogP contribution is -1.77. The summed E-state index contributed by atoms with van der Waals surface area (Å²) in [4.78, 5) is 5.83. The molecule has 3 heterocycles. The van der Waals surface area contributed by atoms with Crippen LogP contribution in [0.1, 0.15) is 23.6 Å². The van der Waals surface area contributed by atoms with Gasteiger partial charge in [-0.05, 0) is 46.6 Å². The molecular formula is C14H10S4. The van der Waals surface area contributed by atoms with Crippen LogP contribution in [0.3, 0.4) is 0 Å². The molecule has 18 heavy (non-hydrogen) atoms. The standard InChI is InChI=1S/C14H10S4/c1-7-8(2)18-14(17-7)11-12-9(3-5-15-12)10-4-6-16-13(10)11/h3-6H,1-2H3. The highest BCUT2D eigenvalue weighted by Crippen LogP contribution is 2.59. The average Bonchev–Trinajstić information content (AvgIpc) is 3.02. The van der Waals surface area contributed by atoms with Gasteiger partial charge in [0.1, 0.15) is 0 Å². The summed E-state index contributed by atoms with van der Waals surface area (Å²) in [5, 5.41) is 4.42. The summed E-state index contributed by atoms with van der Waals surface area (Å²) in [5.74, 6) is 0. The van der Waals surface area contributed by atoms with Crippen LogP contribution in [-0.4, -0.2) is 0 Å². The molecule has 2 aromatic heterocycles. The SMILES string of the molecule is CC1=C(C)SC(=C2c3sccc3-c3ccsc32)S1. The fourth-order valence-electron chi connectivity index (χ4n) is 2.26. The lowest BCUT2D eigenvalue weighted by atomic mass is 10.2. The number of rotatable bonds is 0. The van der Waals surface area contributed by atoms with Gasteiger partial charge in [-0.15, -0.1) is 22.7 Å². The quantitative estimate of drug-likeness (QED) is 0.482. The van der Waals surface area contributed by atoms with Gasteiger partial charge in [-0.25, -0.2) is 0 Å². The Labute approximate surface area is 123 Å². The van der Waals surface area contributed by atoms with Crippen molar-refractivity contribution in [1.29, 1.82) is 0 Å². The van der Waals surface area contributed by atoms with E-state index in [0.717, 1.165) is 0 Å².